The molecule has 0 saturated heterocycles. The summed E-state index contributed by atoms with van der Waals surface area (Å²) in [5.41, 5.74) is 9.44. The molecule has 1 aromatic heterocycles. The van der Waals surface area contributed by atoms with Gasteiger partial charge >= 0.3 is 0 Å². The second-order valence-electron chi connectivity index (χ2n) is 7.95. The molecule has 6 nitrogen and oxygen atoms in total. The molecule has 3 aromatic carbocycles. The molecule has 0 unspecified atom stereocenters. The number of aliphatic imine (C=N–C) groups is 1. The van der Waals surface area contributed by atoms with Crippen LogP contribution >= 0.6 is 0 Å². The van der Waals surface area contributed by atoms with Crippen LogP contribution in [0, 0.1) is 23.5 Å². The molecule has 0 fully saturated rings. The van der Waals surface area contributed by atoms with Crippen LogP contribution in [0.4, 0.5) is 20.4 Å². The van der Waals surface area contributed by atoms with Crippen molar-refractivity contribution in [2.24, 2.45) is 10.7 Å². The zero-order valence-corrected chi connectivity index (χ0v) is 19.3. The van der Waals surface area contributed by atoms with Gasteiger partial charge in [-0.05, 0) is 36.4 Å². The average Bonchev–Trinajstić information content (AvgIpc) is 3.04. The van der Waals surface area contributed by atoms with E-state index in [9.17, 15) is 8.78 Å². The number of benzene rings is 3. The Labute approximate surface area is 206 Å². The number of hydrogen-bond donors (Lipinski definition) is 2. The molecule has 0 radical (unpaired) electrons. The molecular formula is C28H21F2N5O. The Morgan fingerprint density at radius 2 is 1.83 bits per heavy atom. The first kappa shape index (κ1) is 23.1. The van der Waals surface area contributed by atoms with Gasteiger partial charge in [-0.2, -0.15) is 0 Å². The molecule has 0 amide bonds. The van der Waals surface area contributed by atoms with E-state index in [1.807, 2.05) is 36.4 Å². The number of nitrogens with zero attached hydrogens (tertiary/aromatic N) is 3. The third-order valence-corrected chi connectivity index (χ3v) is 5.66. The fraction of sp³-hybridized carbons (Fsp3) is 0.107. The SMILES string of the molecule is COc1cccc(Nc2ncc3c(n2)-c2ccc(C#CCN)cc2C(c2c(F)cccc2F)=NC3)c1. The van der Waals surface area contributed by atoms with Crippen molar-refractivity contribution in [2.45, 2.75) is 6.54 Å². The molecule has 2 heterocycles. The number of rotatable bonds is 4. The summed E-state index contributed by atoms with van der Waals surface area (Å²) in [7, 11) is 1.59. The highest BCUT2D eigenvalue weighted by Gasteiger charge is 2.25. The number of hydrogen-bond acceptors (Lipinski definition) is 6. The normalized spacial score (nSPS) is 11.8. The maximum Gasteiger partial charge on any atom is 0.227 e. The third-order valence-electron chi connectivity index (χ3n) is 5.66. The lowest BCUT2D eigenvalue weighted by molar-refractivity contribution is 0.415. The van der Waals surface area contributed by atoms with Gasteiger partial charge in [0.25, 0.3) is 0 Å². The van der Waals surface area contributed by atoms with Crippen molar-refractivity contribution in [3.63, 3.8) is 0 Å². The molecular weight excluding hydrogens is 460 g/mol. The summed E-state index contributed by atoms with van der Waals surface area (Å²) in [4.78, 5) is 13.8. The predicted molar refractivity (Wildman–Crippen MR) is 135 cm³/mol. The van der Waals surface area contributed by atoms with Gasteiger partial charge in [0.05, 0.1) is 37.2 Å². The van der Waals surface area contributed by atoms with Crippen molar-refractivity contribution < 1.29 is 13.5 Å². The molecule has 8 heteroatoms. The smallest absolute Gasteiger partial charge is 0.227 e. The molecule has 1 aliphatic heterocycles. The number of nitrogens with one attached hydrogen (secondary N) is 1. The Hall–Kier alpha value is -4.61. The van der Waals surface area contributed by atoms with Crippen molar-refractivity contribution in [1.82, 2.24) is 9.97 Å². The summed E-state index contributed by atoms with van der Waals surface area (Å²) in [5, 5.41) is 3.18. The van der Waals surface area contributed by atoms with Crippen LogP contribution in [-0.4, -0.2) is 29.3 Å². The van der Waals surface area contributed by atoms with Crippen LogP contribution in [0.1, 0.15) is 22.3 Å². The van der Waals surface area contributed by atoms with Gasteiger partial charge in [-0.15, -0.1) is 0 Å². The Bertz CT molecular complexity index is 1540. The fourth-order valence-corrected chi connectivity index (χ4v) is 4.01. The van der Waals surface area contributed by atoms with Crippen molar-refractivity contribution in [3.8, 4) is 28.8 Å². The highest BCUT2D eigenvalue weighted by atomic mass is 19.1. The summed E-state index contributed by atoms with van der Waals surface area (Å²) < 4.78 is 35.0. The Balaban J connectivity index is 1.65. The van der Waals surface area contributed by atoms with Gasteiger partial charge in [0.1, 0.15) is 17.4 Å². The third kappa shape index (κ3) is 4.52. The first-order valence-corrected chi connectivity index (χ1v) is 11.2. The quantitative estimate of drug-likeness (QED) is 0.408. The minimum atomic E-state index is -0.699. The Morgan fingerprint density at radius 3 is 2.61 bits per heavy atom. The molecule has 0 saturated carbocycles. The summed E-state index contributed by atoms with van der Waals surface area (Å²) >= 11 is 0. The van der Waals surface area contributed by atoms with Crippen LogP contribution in [0.3, 0.4) is 0 Å². The van der Waals surface area contributed by atoms with Crippen molar-refractivity contribution in [3.05, 3.63) is 101 Å². The number of aromatic nitrogens is 2. The second kappa shape index (κ2) is 9.94. The van der Waals surface area contributed by atoms with Gasteiger partial charge in [-0.3, -0.25) is 4.99 Å². The number of fused-ring (bicyclic) bond motifs is 3. The van der Waals surface area contributed by atoms with Crippen LogP contribution in [0.2, 0.25) is 0 Å². The highest BCUT2D eigenvalue weighted by Crippen LogP contribution is 2.34. The van der Waals surface area contributed by atoms with E-state index < -0.39 is 11.6 Å². The van der Waals surface area contributed by atoms with Crippen LogP contribution < -0.4 is 15.8 Å². The van der Waals surface area contributed by atoms with Gasteiger partial charge in [0, 0.05) is 40.2 Å². The first-order valence-electron chi connectivity index (χ1n) is 11.2. The molecule has 3 N–H and O–H groups in total. The number of halogens is 2. The van der Waals surface area contributed by atoms with Crippen molar-refractivity contribution >= 4 is 17.3 Å². The molecule has 36 heavy (non-hydrogen) atoms. The van der Waals surface area contributed by atoms with Crippen LogP contribution in [0.15, 0.2) is 71.9 Å². The van der Waals surface area contributed by atoms with Crippen LogP contribution in [0.5, 0.6) is 5.75 Å². The van der Waals surface area contributed by atoms with Crippen molar-refractivity contribution in [2.75, 3.05) is 19.0 Å². The lowest BCUT2D eigenvalue weighted by Gasteiger charge is -2.14. The molecule has 178 valence electrons. The largest absolute Gasteiger partial charge is 0.497 e. The van der Waals surface area contributed by atoms with E-state index >= 15 is 0 Å². The number of methoxy groups -OCH3 is 1. The Kier molecular flexibility index (Phi) is 6.39. The standard InChI is InChI=1S/C28H21F2N5O/c1-36-20-7-2-6-19(14-20)34-28-33-16-18-15-32-27(25-23(29)8-3-9-24(25)30)22-13-17(5-4-12-31)10-11-21(22)26(18)35-28/h2-3,6-11,13-14,16H,12,15,31H2,1H3,(H,33,34,35). The molecule has 0 aliphatic carbocycles. The first-order chi connectivity index (χ1) is 17.6. The maximum absolute atomic E-state index is 14.8. The summed E-state index contributed by atoms with van der Waals surface area (Å²) in [6.07, 6.45) is 1.67. The average molecular weight is 482 g/mol. The Morgan fingerprint density at radius 1 is 1.03 bits per heavy atom. The van der Waals surface area contributed by atoms with E-state index in [0.29, 0.717) is 34.1 Å². The second-order valence-corrected chi connectivity index (χ2v) is 7.95. The van der Waals surface area contributed by atoms with E-state index in [1.165, 1.54) is 18.2 Å². The monoisotopic (exact) mass is 481 g/mol. The number of ether oxygens (including phenoxy) is 1. The van der Waals surface area contributed by atoms with Gasteiger partial charge in [0.15, 0.2) is 0 Å². The fourth-order valence-electron chi connectivity index (χ4n) is 4.01. The topological polar surface area (TPSA) is 85.4 Å². The number of nitrogens with two attached hydrogens (primary N) is 1. The predicted octanol–water partition coefficient (Wildman–Crippen LogP) is 4.84. The van der Waals surface area contributed by atoms with Gasteiger partial charge in [-0.25, -0.2) is 18.7 Å². The van der Waals surface area contributed by atoms with Gasteiger partial charge in [0.2, 0.25) is 5.95 Å². The summed E-state index contributed by atoms with van der Waals surface area (Å²) in [6, 6.07) is 16.6. The van der Waals surface area contributed by atoms with Crippen LogP contribution in [0.25, 0.3) is 11.3 Å². The molecule has 0 spiro atoms. The molecule has 5 rings (SSSR count). The zero-order chi connectivity index (χ0) is 25.1. The van der Waals surface area contributed by atoms with E-state index in [4.69, 9.17) is 15.5 Å². The van der Waals surface area contributed by atoms with Gasteiger partial charge < -0.3 is 15.8 Å². The van der Waals surface area contributed by atoms with Crippen LogP contribution in [-0.2, 0) is 6.54 Å². The lowest BCUT2D eigenvalue weighted by atomic mass is 9.93. The van der Waals surface area contributed by atoms with Gasteiger partial charge in [-0.1, -0.05) is 30.0 Å². The number of anilines is 2. The van der Waals surface area contributed by atoms with E-state index in [1.54, 1.807) is 19.4 Å². The maximum atomic E-state index is 14.8. The highest BCUT2D eigenvalue weighted by molar-refractivity contribution is 6.17. The molecule has 0 atom stereocenters. The summed E-state index contributed by atoms with van der Waals surface area (Å²) in [6.45, 7) is 0.339. The van der Waals surface area contributed by atoms with E-state index in [2.05, 4.69) is 27.1 Å². The zero-order valence-electron chi connectivity index (χ0n) is 19.3. The minimum Gasteiger partial charge on any atom is -0.497 e. The van der Waals surface area contributed by atoms with E-state index in [0.717, 1.165) is 11.3 Å². The minimum absolute atomic E-state index is 0.149. The molecule has 0 bridgehead atoms. The lowest BCUT2D eigenvalue weighted by Crippen LogP contribution is -2.10. The van der Waals surface area contributed by atoms with E-state index in [-0.39, 0.29) is 24.4 Å². The molecule has 4 aromatic rings. The van der Waals surface area contributed by atoms with Crippen molar-refractivity contribution in [1.29, 1.82) is 0 Å². The summed E-state index contributed by atoms with van der Waals surface area (Å²) in [5.74, 6) is 5.45. The molecule has 1 aliphatic rings.